The molecule has 2 atom stereocenters. The molecule has 0 bridgehead atoms. The van der Waals surface area contributed by atoms with Gasteiger partial charge in [0.2, 0.25) is 0 Å². The van der Waals surface area contributed by atoms with Gasteiger partial charge in [-0.25, -0.2) is 0 Å². The number of ether oxygens (including phenoxy) is 3. The van der Waals surface area contributed by atoms with Gasteiger partial charge in [-0.05, 0) is 43.9 Å². The molecule has 0 radical (unpaired) electrons. The van der Waals surface area contributed by atoms with Gasteiger partial charge in [0, 0.05) is 11.6 Å². The van der Waals surface area contributed by atoms with E-state index in [1.165, 1.54) is 0 Å². The molecule has 7 nitrogen and oxygen atoms in total. The third-order valence-corrected chi connectivity index (χ3v) is 5.78. The van der Waals surface area contributed by atoms with Gasteiger partial charge in [0.25, 0.3) is 5.91 Å². The van der Waals surface area contributed by atoms with Crippen LogP contribution in [0.1, 0.15) is 40.9 Å². The number of carbonyl (C=O) groups is 1. The van der Waals surface area contributed by atoms with Gasteiger partial charge in [0.05, 0.1) is 38.7 Å². The van der Waals surface area contributed by atoms with Gasteiger partial charge in [-0.2, -0.15) is 0 Å². The molecule has 3 aromatic rings. The van der Waals surface area contributed by atoms with Crippen LogP contribution in [-0.2, 0) is 11.3 Å². The first kappa shape index (κ1) is 21.9. The molecule has 1 N–H and O–H groups in total. The highest BCUT2D eigenvalue weighted by Crippen LogP contribution is 2.33. The summed E-state index contributed by atoms with van der Waals surface area (Å²) in [4.78, 5) is 13.3. The minimum Gasteiger partial charge on any atom is -0.497 e. The fourth-order valence-corrected chi connectivity index (χ4v) is 4.08. The number of benzene rings is 2. The van der Waals surface area contributed by atoms with Crippen LogP contribution in [0.4, 0.5) is 0 Å². The van der Waals surface area contributed by atoms with Crippen molar-refractivity contribution in [2.75, 3.05) is 14.2 Å². The van der Waals surface area contributed by atoms with Gasteiger partial charge >= 0.3 is 0 Å². The predicted octanol–water partition coefficient (Wildman–Crippen LogP) is 4.53. The van der Waals surface area contributed by atoms with E-state index >= 15 is 0 Å². The molecule has 168 valence electrons. The van der Waals surface area contributed by atoms with Gasteiger partial charge in [0.15, 0.2) is 5.76 Å². The van der Waals surface area contributed by atoms with E-state index in [0.717, 1.165) is 24.8 Å². The second-order valence-corrected chi connectivity index (χ2v) is 7.92. The van der Waals surface area contributed by atoms with Crippen molar-refractivity contribution in [3.8, 4) is 22.8 Å². The van der Waals surface area contributed by atoms with Crippen molar-refractivity contribution in [3.05, 3.63) is 65.4 Å². The number of nitrogens with zero attached hydrogens (tertiary/aromatic N) is 1. The van der Waals surface area contributed by atoms with Crippen LogP contribution in [0.2, 0.25) is 0 Å². The first-order chi connectivity index (χ1) is 15.6. The lowest BCUT2D eigenvalue weighted by Crippen LogP contribution is -2.41. The van der Waals surface area contributed by atoms with Crippen molar-refractivity contribution in [1.82, 2.24) is 10.5 Å². The Morgan fingerprint density at radius 3 is 2.50 bits per heavy atom. The zero-order valence-electron chi connectivity index (χ0n) is 18.6. The summed E-state index contributed by atoms with van der Waals surface area (Å²) in [5.74, 6) is 1.37. The highest BCUT2D eigenvalue weighted by molar-refractivity contribution is 6.00. The molecule has 1 heterocycles. The summed E-state index contributed by atoms with van der Waals surface area (Å²) < 4.78 is 22.4. The molecule has 0 unspecified atom stereocenters. The summed E-state index contributed by atoms with van der Waals surface area (Å²) in [5, 5.41) is 7.20. The van der Waals surface area contributed by atoms with Gasteiger partial charge in [-0.3, -0.25) is 4.79 Å². The molecule has 1 aromatic heterocycles. The van der Waals surface area contributed by atoms with Crippen LogP contribution in [0.25, 0.3) is 11.3 Å². The van der Waals surface area contributed by atoms with Crippen molar-refractivity contribution >= 4 is 5.91 Å². The first-order valence-electron chi connectivity index (χ1n) is 10.7. The Kier molecular flexibility index (Phi) is 6.75. The summed E-state index contributed by atoms with van der Waals surface area (Å²) in [6.07, 6.45) is 2.77. The molecule has 1 aliphatic rings. The molecule has 1 aliphatic carbocycles. The van der Waals surface area contributed by atoms with Gasteiger partial charge < -0.3 is 24.1 Å². The Bertz CT molecular complexity index is 1040. The maximum absolute atomic E-state index is 13.3. The monoisotopic (exact) mass is 436 g/mol. The van der Waals surface area contributed by atoms with E-state index in [2.05, 4.69) is 10.5 Å². The Labute approximate surface area is 187 Å². The van der Waals surface area contributed by atoms with Crippen LogP contribution in [0, 0.1) is 6.92 Å². The number of aryl methyl sites for hydroxylation is 1. The zero-order chi connectivity index (χ0) is 22.5. The topological polar surface area (TPSA) is 82.8 Å². The number of aromatic nitrogens is 1. The average Bonchev–Trinajstić information content (AvgIpc) is 3.43. The Hall–Kier alpha value is -3.32. The zero-order valence-corrected chi connectivity index (χ0v) is 18.6. The molecular weight excluding hydrogens is 408 g/mol. The molecule has 0 aliphatic heterocycles. The first-order valence-corrected chi connectivity index (χ1v) is 10.7. The molecule has 1 saturated carbocycles. The van der Waals surface area contributed by atoms with Crippen molar-refractivity contribution in [3.63, 3.8) is 0 Å². The van der Waals surface area contributed by atoms with Gasteiger partial charge in [-0.15, -0.1) is 0 Å². The number of hydrogen-bond acceptors (Lipinski definition) is 6. The molecule has 4 rings (SSSR count). The van der Waals surface area contributed by atoms with Crippen LogP contribution in [-0.4, -0.2) is 37.4 Å². The van der Waals surface area contributed by atoms with Crippen molar-refractivity contribution in [2.24, 2.45) is 0 Å². The number of nitrogens with one attached hydrogen (secondary N) is 1. The van der Waals surface area contributed by atoms with Crippen molar-refractivity contribution in [1.29, 1.82) is 0 Å². The smallest absolute Gasteiger partial charge is 0.257 e. The maximum Gasteiger partial charge on any atom is 0.257 e. The standard InChI is InChI=1S/C25H28N2O5/c1-16-23(24(32-27-16)18-12-19(29-2)14-20(13-18)30-3)25(28)26-21-10-7-11-22(21)31-15-17-8-5-4-6-9-17/h4-6,8-9,12-14,21-22H,7,10-11,15H2,1-3H3,(H,26,28)/t21-,22-/m0/s1. The molecule has 2 aromatic carbocycles. The lowest BCUT2D eigenvalue weighted by Gasteiger charge is -2.21. The van der Waals surface area contributed by atoms with E-state index in [4.69, 9.17) is 18.7 Å². The minimum atomic E-state index is -0.222. The van der Waals surface area contributed by atoms with Crippen molar-refractivity contribution < 1.29 is 23.5 Å². The van der Waals surface area contributed by atoms with Crippen LogP contribution in [0.15, 0.2) is 53.1 Å². The number of hydrogen-bond donors (Lipinski definition) is 1. The van der Waals surface area contributed by atoms with Gasteiger partial charge in [-0.1, -0.05) is 35.5 Å². The van der Waals surface area contributed by atoms with Gasteiger partial charge in [0.1, 0.15) is 17.1 Å². The summed E-state index contributed by atoms with van der Waals surface area (Å²) >= 11 is 0. The third kappa shape index (κ3) is 4.78. The van der Waals surface area contributed by atoms with E-state index in [9.17, 15) is 4.79 Å². The van der Waals surface area contributed by atoms with Crippen LogP contribution < -0.4 is 14.8 Å². The maximum atomic E-state index is 13.3. The number of rotatable bonds is 8. The minimum absolute atomic E-state index is 0.0281. The fourth-order valence-electron chi connectivity index (χ4n) is 4.08. The summed E-state index contributed by atoms with van der Waals surface area (Å²) in [6, 6.07) is 15.3. The van der Waals surface area contributed by atoms with E-state index in [1.807, 2.05) is 30.3 Å². The summed E-state index contributed by atoms with van der Waals surface area (Å²) in [5.41, 5.74) is 2.72. The number of carbonyl (C=O) groups excluding carboxylic acids is 1. The third-order valence-electron chi connectivity index (χ3n) is 5.78. The van der Waals surface area contributed by atoms with Crippen LogP contribution in [0.5, 0.6) is 11.5 Å². The second kappa shape index (κ2) is 9.87. The summed E-state index contributed by atoms with van der Waals surface area (Å²) in [6.45, 7) is 2.29. The lowest BCUT2D eigenvalue weighted by molar-refractivity contribution is 0.0272. The largest absolute Gasteiger partial charge is 0.497 e. The Balaban J connectivity index is 1.51. The van der Waals surface area contributed by atoms with E-state index < -0.39 is 0 Å². The number of amides is 1. The second-order valence-electron chi connectivity index (χ2n) is 7.92. The Morgan fingerprint density at radius 1 is 1.09 bits per heavy atom. The quantitative estimate of drug-likeness (QED) is 0.558. The molecule has 1 fully saturated rings. The molecule has 32 heavy (non-hydrogen) atoms. The van der Waals surface area contributed by atoms with Crippen LogP contribution in [0.3, 0.4) is 0 Å². The SMILES string of the molecule is COc1cc(OC)cc(-c2onc(C)c2C(=O)N[C@H]2CCC[C@@H]2OCc2ccccc2)c1. The van der Waals surface area contributed by atoms with E-state index in [0.29, 0.717) is 40.7 Å². The molecule has 0 saturated heterocycles. The lowest BCUT2D eigenvalue weighted by atomic mass is 10.0. The average molecular weight is 437 g/mol. The van der Waals surface area contributed by atoms with Crippen molar-refractivity contribution in [2.45, 2.75) is 44.9 Å². The van der Waals surface area contributed by atoms with Crippen LogP contribution >= 0.6 is 0 Å². The van der Waals surface area contributed by atoms with E-state index in [-0.39, 0.29) is 18.1 Å². The molecular formula is C25H28N2O5. The highest BCUT2D eigenvalue weighted by Gasteiger charge is 2.32. The highest BCUT2D eigenvalue weighted by atomic mass is 16.5. The molecule has 7 heteroatoms. The molecule has 1 amide bonds. The molecule has 0 spiro atoms. The number of methoxy groups -OCH3 is 2. The normalized spacial score (nSPS) is 17.8. The Morgan fingerprint density at radius 2 is 1.81 bits per heavy atom. The fraction of sp³-hybridized carbons (Fsp3) is 0.360. The summed E-state index contributed by atoms with van der Waals surface area (Å²) in [7, 11) is 3.15. The van der Waals surface area contributed by atoms with E-state index in [1.54, 1.807) is 39.3 Å². The predicted molar refractivity (Wildman–Crippen MR) is 120 cm³/mol.